The van der Waals surface area contributed by atoms with Gasteiger partial charge in [-0.3, -0.25) is 19.4 Å². The Bertz CT molecular complexity index is 1200. The molecule has 0 saturated heterocycles. The summed E-state index contributed by atoms with van der Waals surface area (Å²) in [6.07, 6.45) is 1.68. The van der Waals surface area contributed by atoms with Crippen LogP contribution in [0.1, 0.15) is 48.2 Å². The molecule has 0 fully saturated rings. The Hall–Kier alpha value is -3.17. The van der Waals surface area contributed by atoms with Gasteiger partial charge in [0.05, 0.1) is 11.4 Å². The fraction of sp³-hybridized carbons (Fsp3) is 0.0769. The van der Waals surface area contributed by atoms with Gasteiger partial charge in [0.25, 0.3) is 6.47 Å². The molecular weight excluding hydrogens is 549 g/mol. The normalized spacial score (nSPS) is 11.5. The molecule has 3 aromatic carbocycles. The summed E-state index contributed by atoms with van der Waals surface area (Å²) in [5.74, 6) is -0.927. The number of carbonyl (C=O) groups is 3. The molecule has 7 heteroatoms. The number of ketones is 2. The first-order chi connectivity index (χ1) is 16.1. The van der Waals surface area contributed by atoms with Crippen molar-refractivity contribution in [1.29, 1.82) is 0 Å². The van der Waals surface area contributed by atoms with Gasteiger partial charge < -0.3 is 4.74 Å². The van der Waals surface area contributed by atoms with Gasteiger partial charge in [-0.2, -0.15) is 0 Å². The molecule has 5 nitrogen and oxygen atoms in total. The van der Waals surface area contributed by atoms with Crippen molar-refractivity contribution in [3.63, 3.8) is 0 Å². The van der Waals surface area contributed by atoms with Gasteiger partial charge in [-0.05, 0) is 40.3 Å². The van der Waals surface area contributed by atoms with Gasteiger partial charge in [0.15, 0.2) is 11.6 Å². The van der Waals surface area contributed by atoms with Crippen molar-refractivity contribution in [2.24, 2.45) is 0 Å². The molecule has 1 atom stereocenters. The first-order valence-electron chi connectivity index (χ1n) is 10.1. The van der Waals surface area contributed by atoms with Gasteiger partial charge in [-0.25, -0.2) is 0 Å². The number of carbonyl (C=O) groups excluding carboxylic acids is 3. The number of benzene rings is 3. The van der Waals surface area contributed by atoms with Crippen LogP contribution in [0.2, 0.25) is 0 Å². The van der Waals surface area contributed by atoms with Gasteiger partial charge in [-0.15, -0.1) is 11.3 Å². The molecule has 1 aromatic heterocycles. The number of halogens is 1. The van der Waals surface area contributed by atoms with E-state index in [0.717, 1.165) is 8.45 Å². The average Bonchev–Trinajstić information content (AvgIpc) is 3.39. The van der Waals surface area contributed by atoms with E-state index in [2.05, 4.69) is 27.6 Å². The monoisotopic (exact) mass is 567 g/mol. The molecule has 4 rings (SSSR count). The minimum absolute atomic E-state index is 0.0174. The van der Waals surface area contributed by atoms with E-state index >= 15 is 0 Å². The maximum absolute atomic E-state index is 13.6. The third-order valence-electron chi connectivity index (χ3n) is 5.18. The van der Waals surface area contributed by atoms with Crippen LogP contribution in [0.15, 0.2) is 84.5 Å². The Morgan fingerprint density at radius 3 is 1.94 bits per heavy atom. The molecule has 0 radical (unpaired) electrons. The molecule has 164 valence electrons. The minimum Gasteiger partial charge on any atom is -0.467 e. The predicted octanol–water partition coefficient (Wildman–Crippen LogP) is 5.51. The molecule has 0 N–H and O–H groups in total. The van der Waals surface area contributed by atoms with E-state index in [4.69, 9.17) is 4.74 Å². The van der Waals surface area contributed by atoms with E-state index in [1.54, 1.807) is 72.4 Å². The summed E-state index contributed by atoms with van der Waals surface area (Å²) in [7, 11) is 0. The molecule has 0 saturated carbocycles. The van der Waals surface area contributed by atoms with Crippen molar-refractivity contribution in [3.8, 4) is 0 Å². The predicted molar refractivity (Wildman–Crippen MR) is 135 cm³/mol. The SMILES string of the molecule is O=COCC(c1cncs1)c1c(C(=O)c2ccccc2)cc(I)cc1C(=O)c1ccccc1. The summed E-state index contributed by atoms with van der Waals surface area (Å²) in [4.78, 5) is 43.3. The van der Waals surface area contributed by atoms with Crippen LogP contribution in [0, 0.1) is 3.57 Å². The molecule has 0 aliphatic rings. The summed E-state index contributed by atoms with van der Waals surface area (Å²) in [6, 6.07) is 21.4. The molecule has 0 spiro atoms. The Kier molecular flexibility index (Phi) is 7.41. The Labute approximate surface area is 208 Å². The van der Waals surface area contributed by atoms with E-state index in [0.29, 0.717) is 34.3 Å². The highest BCUT2D eigenvalue weighted by Gasteiger charge is 2.30. The van der Waals surface area contributed by atoms with Crippen LogP contribution in [0.4, 0.5) is 0 Å². The van der Waals surface area contributed by atoms with Crippen LogP contribution < -0.4 is 0 Å². The average molecular weight is 567 g/mol. The number of hydrogen-bond acceptors (Lipinski definition) is 6. The number of ether oxygens (including phenoxy) is 1. The van der Waals surface area contributed by atoms with Gasteiger partial charge in [-0.1, -0.05) is 60.7 Å². The molecule has 1 unspecified atom stereocenters. The topological polar surface area (TPSA) is 73.3 Å². The lowest BCUT2D eigenvalue weighted by atomic mass is 9.83. The lowest BCUT2D eigenvalue weighted by Crippen LogP contribution is -2.19. The number of nitrogens with zero attached hydrogens (tertiary/aromatic N) is 1. The summed E-state index contributed by atoms with van der Waals surface area (Å²) in [5, 5.41) is 0. The number of thiazole rings is 1. The first kappa shape index (κ1) is 23.0. The van der Waals surface area contributed by atoms with Crippen molar-refractivity contribution in [2.75, 3.05) is 6.61 Å². The molecule has 0 aliphatic heterocycles. The molecule has 4 aromatic rings. The zero-order chi connectivity index (χ0) is 23.2. The quantitative estimate of drug-likeness (QED) is 0.152. The van der Waals surface area contributed by atoms with Gasteiger partial charge in [0.1, 0.15) is 6.61 Å². The van der Waals surface area contributed by atoms with Crippen molar-refractivity contribution >= 4 is 52.0 Å². The van der Waals surface area contributed by atoms with E-state index in [1.807, 2.05) is 12.1 Å². The summed E-state index contributed by atoms with van der Waals surface area (Å²) in [5.41, 5.74) is 4.04. The second kappa shape index (κ2) is 10.6. The second-order valence-electron chi connectivity index (χ2n) is 7.19. The molecule has 33 heavy (non-hydrogen) atoms. The minimum atomic E-state index is -0.523. The van der Waals surface area contributed by atoms with Crippen LogP contribution in [0.5, 0.6) is 0 Å². The Balaban J connectivity index is 1.98. The Morgan fingerprint density at radius 1 is 0.939 bits per heavy atom. The van der Waals surface area contributed by atoms with Gasteiger partial charge in [0.2, 0.25) is 0 Å². The van der Waals surface area contributed by atoms with Crippen molar-refractivity contribution in [2.45, 2.75) is 5.92 Å². The van der Waals surface area contributed by atoms with Gasteiger partial charge >= 0.3 is 0 Å². The van der Waals surface area contributed by atoms with Crippen LogP contribution in [0.3, 0.4) is 0 Å². The third kappa shape index (κ3) is 5.09. The third-order valence-corrected chi connectivity index (χ3v) is 6.69. The zero-order valence-corrected chi connectivity index (χ0v) is 20.3. The lowest BCUT2D eigenvalue weighted by molar-refractivity contribution is -0.128. The highest BCUT2D eigenvalue weighted by molar-refractivity contribution is 14.1. The molecule has 0 bridgehead atoms. The van der Waals surface area contributed by atoms with Crippen LogP contribution >= 0.6 is 33.9 Å². The molecule has 1 heterocycles. The van der Waals surface area contributed by atoms with E-state index in [1.165, 1.54) is 11.3 Å². The number of aromatic nitrogens is 1. The van der Waals surface area contributed by atoms with E-state index in [9.17, 15) is 14.4 Å². The van der Waals surface area contributed by atoms with Crippen LogP contribution in [-0.2, 0) is 9.53 Å². The van der Waals surface area contributed by atoms with Crippen molar-refractivity contribution in [3.05, 3.63) is 121 Å². The molecule has 0 amide bonds. The fourth-order valence-electron chi connectivity index (χ4n) is 3.70. The van der Waals surface area contributed by atoms with E-state index < -0.39 is 5.92 Å². The maximum atomic E-state index is 13.6. The zero-order valence-electron chi connectivity index (χ0n) is 17.3. The standard InChI is InChI=1S/C26H18INO4S/c27-19-11-20(25(30)17-7-3-1-4-8-17)24(22(14-32-16-29)23-13-28-15-33-23)21(12-19)26(31)18-9-5-2-6-10-18/h1-13,15-16,22H,14H2. The molecular formula is C26H18INO4S. The highest BCUT2D eigenvalue weighted by Crippen LogP contribution is 2.36. The maximum Gasteiger partial charge on any atom is 0.293 e. The largest absolute Gasteiger partial charge is 0.467 e. The van der Waals surface area contributed by atoms with Crippen molar-refractivity contribution in [1.82, 2.24) is 4.98 Å². The summed E-state index contributed by atoms with van der Waals surface area (Å²) < 4.78 is 5.92. The first-order valence-corrected chi connectivity index (χ1v) is 12.0. The van der Waals surface area contributed by atoms with Crippen LogP contribution in [0.25, 0.3) is 0 Å². The Morgan fingerprint density at radius 2 is 1.48 bits per heavy atom. The summed E-state index contributed by atoms with van der Waals surface area (Å²) >= 11 is 3.50. The smallest absolute Gasteiger partial charge is 0.293 e. The molecule has 0 aliphatic carbocycles. The van der Waals surface area contributed by atoms with Crippen molar-refractivity contribution < 1.29 is 19.1 Å². The van der Waals surface area contributed by atoms with Gasteiger partial charge in [0, 0.05) is 36.9 Å². The van der Waals surface area contributed by atoms with E-state index in [-0.39, 0.29) is 18.2 Å². The fourth-order valence-corrected chi connectivity index (χ4v) is 5.04. The number of hydrogen-bond donors (Lipinski definition) is 0. The second-order valence-corrected chi connectivity index (χ2v) is 9.35. The van der Waals surface area contributed by atoms with Crippen LogP contribution in [-0.4, -0.2) is 29.6 Å². The summed E-state index contributed by atoms with van der Waals surface area (Å²) in [6.45, 7) is 0.356. The highest BCUT2D eigenvalue weighted by atomic mass is 127. The number of rotatable bonds is 9. The lowest BCUT2D eigenvalue weighted by Gasteiger charge is -2.22.